The molecule has 2 aromatic heterocycles. The molecule has 2 heterocycles. The molecule has 3 aromatic rings. The average molecular weight is 304 g/mol. The zero-order valence-electron chi connectivity index (χ0n) is 9.94. The van der Waals surface area contributed by atoms with Crippen LogP contribution >= 0.6 is 15.9 Å². The molecule has 0 saturated heterocycles. The van der Waals surface area contributed by atoms with E-state index in [0.717, 1.165) is 26.6 Å². The molecule has 0 unspecified atom stereocenters. The van der Waals surface area contributed by atoms with Gasteiger partial charge in [-0.2, -0.15) is 0 Å². The van der Waals surface area contributed by atoms with Gasteiger partial charge in [0.05, 0.1) is 26.8 Å². The number of nitrogens with zero attached hydrogens (tertiary/aromatic N) is 3. The maximum Gasteiger partial charge on any atom is 0.162 e. The number of hydrogen-bond acceptors (Lipinski definition) is 3. The van der Waals surface area contributed by atoms with Crippen LogP contribution in [0.15, 0.2) is 28.7 Å². The Morgan fingerprint density at radius 1 is 1.33 bits per heavy atom. The number of Topliss-reactive ketones (excluding diaryl/α,β-unsaturated/α-hetero) is 1. The van der Waals surface area contributed by atoms with E-state index < -0.39 is 0 Å². The van der Waals surface area contributed by atoms with Crippen LogP contribution in [-0.4, -0.2) is 20.6 Å². The van der Waals surface area contributed by atoms with Gasteiger partial charge in [0, 0.05) is 5.39 Å². The van der Waals surface area contributed by atoms with E-state index in [1.165, 1.54) is 0 Å². The van der Waals surface area contributed by atoms with Gasteiger partial charge in [-0.1, -0.05) is 23.4 Å². The van der Waals surface area contributed by atoms with Crippen molar-refractivity contribution < 1.29 is 4.79 Å². The van der Waals surface area contributed by atoms with Gasteiger partial charge in [0.15, 0.2) is 5.78 Å². The summed E-state index contributed by atoms with van der Waals surface area (Å²) in [7, 11) is 0. The van der Waals surface area contributed by atoms with Gasteiger partial charge in [-0.15, -0.1) is 5.10 Å². The third-order valence-corrected chi connectivity index (χ3v) is 3.84. The summed E-state index contributed by atoms with van der Waals surface area (Å²) in [6, 6.07) is 7.76. The topological polar surface area (TPSA) is 47.3 Å². The number of halogens is 1. The summed E-state index contributed by atoms with van der Waals surface area (Å²) >= 11 is 3.51. The van der Waals surface area contributed by atoms with Gasteiger partial charge in [-0.3, -0.25) is 4.79 Å². The van der Waals surface area contributed by atoms with Crippen molar-refractivity contribution in [1.29, 1.82) is 0 Å². The summed E-state index contributed by atoms with van der Waals surface area (Å²) in [5.41, 5.74) is 3.19. The highest BCUT2D eigenvalue weighted by molar-refractivity contribution is 9.10. The van der Waals surface area contributed by atoms with Crippen LogP contribution in [0.5, 0.6) is 0 Å². The van der Waals surface area contributed by atoms with Crippen molar-refractivity contribution in [2.24, 2.45) is 0 Å². The molecule has 1 aromatic carbocycles. The van der Waals surface area contributed by atoms with E-state index in [9.17, 15) is 4.79 Å². The third-order valence-electron chi connectivity index (χ3n) is 3.07. The largest absolute Gasteiger partial charge is 0.294 e. The molecule has 0 aliphatic heterocycles. The molecule has 3 rings (SSSR count). The van der Waals surface area contributed by atoms with Crippen LogP contribution < -0.4 is 0 Å². The summed E-state index contributed by atoms with van der Waals surface area (Å²) < 4.78 is 2.50. The number of carbonyl (C=O) groups is 1. The number of rotatable bonds is 1. The van der Waals surface area contributed by atoms with Gasteiger partial charge < -0.3 is 0 Å². The van der Waals surface area contributed by atoms with Crippen molar-refractivity contribution in [1.82, 2.24) is 14.8 Å². The molecule has 90 valence electrons. The summed E-state index contributed by atoms with van der Waals surface area (Å²) in [5, 5.41) is 9.30. The molecule has 5 heteroatoms. The highest BCUT2D eigenvalue weighted by Crippen LogP contribution is 2.32. The van der Waals surface area contributed by atoms with Gasteiger partial charge in [0.2, 0.25) is 0 Å². The average Bonchev–Trinajstić information content (AvgIpc) is 2.62. The zero-order chi connectivity index (χ0) is 12.9. The fraction of sp³-hybridized carbons (Fsp3) is 0.154. The van der Waals surface area contributed by atoms with Gasteiger partial charge in [-0.25, -0.2) is 4.52 Å². The van der Waals surface area contributed by atoms with Crippen LogP contribution in [0.3, 0.4) is 0 Å². The normalized spacial score (nSPS) is 11.3. The standard InChI is InChI=1S/C13H10BrN3O/c1-7-11(8(2)18)12(14)13-9-5-3-4-6-10(9)15-16-17(7)13/h3-6H,1-2H3. The quantitative estimate of drug-likeness (QED) is 0.649. The summed E-state index contributed by atoms with van der Waals surface area (Å²) in [6.07, 6.45) is 0. The fourth-order valence-corrected chi connectivity index (χ4v) is 3.20. The lowest BCUT2D eigenvalue weighted by molar-refractivity contribution is 0.101. The van der Waals surface area contributed by atoms with Crippen LogP contribution in [0.2, 0.25) is 0 Å². The molecule has 0 aliphatic rings. The monoisotopic (exact) mass is 303 g/mol. The number of benzene rings is 1. The van der Waals surface area contributed by atoms with E-state index >= 15 is 0 Å². The molecule has 0 amide bonds. The number of aryl methyl sites for hydroxylation is 1. The highest BCUT2D eigenvalue weighted by atomic mass is 79.9. The molecule has 4 nitrogen and oxygen atoms in total. The minimum absolute atomic E-state index is 0.0222. The van der Waals surface area contributed by atoms with Crippen molar-refractivity contribution in [2.45, 2.75) is 13.8 Å². The van der Waals surface area contributed by atoms with Gasteiger partial charge in [0.1, 0.15) is 0 Å². The van der Waals surface area contributed by atoms with E-state index in [1.54, 1.807) is 11.4 Å². The summed E-state index contributed by atoms with van der Waals surface area (Å²) in [6.45, 7) is 3.43. The first-order valence-corrected chi connectivity index (χ1v) is 6.33. The second-order valence-electron chi connectivity index (χ2n) is 4.20. The molecule has 0 spiro atoms. The number of fused-ring (bicyclic) bond motifs is 3. The van der Waals surface area contributed by atoms with Gasteiger partial charge >= 0.3 is 0 Å². The van der Waals surface area contributed by atoms with E-state index in [4.69, 9.17) is 0 Å². The minimum Gasteiger partial charge on any atom is -0.294 e. The fourth-order valence-electron chi connectivity index (χ4n) is 2.25. The second-order valence-corrected chi connectivity index (χ2v) is 4.99. The molecule has 0 fully saturated rings. The van der Waals surface area contributed by atoms with Crippen molar-refractivity contribution in [3.05, 3.63) is 40.0 Å². The van der Waals surface area contributed by atoms with Gasteiger partial charge in [0.25, 0.3) is 0 Å². The lowest BCUT2D eigenvalue weighted by Crippen LogP contribution is -1.99. The first-order valence-electron chi connectivity index (χ1n) is 5.54. The molecule has 0 saturated carbocycles. The van der Waals surface area contributed by atoms with Crippen LogP contribution in [0, 0.1) is 6.92 Å². The summed E-state index contributed by atoms with van der Waals surface area (Å²) in [4.78, 5) is 11.7. The molecule has 0 aliphatic carbocycles. The summed E-state index contributed by atoms with van der Waals surface area (Å²) in [5.74, 6) is 0.0222. The third kappa shape index (κ3) is 1.40. The van der Waals surface area contributed by atoms with Crippen molar-refractivity contribution in [3.63, 3.8) is 0 Å². The Morgan fingerprint density at radius 2 is 2.06 bits per heavy atom. The first kappa shape index (κ1) is 11.3. The molecule has 18 heavy (non-hydrogen) atoms. The lowest BCUT2D eigenvalue weighted by atomic mass is 10.1. The SMILES string of the molecule is CC(=O)c1c(Br)c2c3ccccc3nnn2c1C. The number of hydrogen-bond donors (Lipinski definition) is 0. The Morgan fingerprint density at radius 3 is 2.78 bits per heavy atom. The molecular formula is C13H10BrN3O. The van der Waals surface area contributed by atoms with Crippen LogP contribution in [0.25, 0.3) is 16.4 Å². The molecule has 0 radical (unpaired) electrons. The first-order chi connectivity index (χ1) is 8.61. The molecule has 0 bridgehead atoms. The highest BCUT2D eigenvalue weighted by Gasteiger charge is 2.19. The Hall–Kier alpha value is -1.75. The van der Waals surface area contributed by atoms with Crippen molar-refractivity contribution in [3.8, 4) is 0 Å². The van der Waals surface area contributed by atoms with Crippen molar-refractivity contribution >= 4 is 38.1 Å². The number of carbonyl (C=O) groups excluding carboxylic acids is 1. The number of aromatic nitrogens is 3. The molecular weight excluding hydrogens is 294 g/mol. The Labute approximate surface area is 112 Å². The maximum absolute atomic E-state index is 11.7. The van der Waals surface area contributed by atoms with Gasteiger partial charge in [-0.05, 0) is 35.8 Å². The molecule has 0 atom stereocenters. The second kappa shape index (κ2) is 3.88. The minimum atomic E-state index is 0.0222. The predicted octanol–water partition coefficient (Wildman–Crippen LogP) is 3.16. The van der Waals surface area contributed by atoms with E-state index in [2.05, 4.69) is 26.2 Å². The van der Waals surface area contributed by atoms with E-state index in [0.29, 0.717) is 5.56 Å². The van der Waals surface area contributed by atoms with Crippen molar-refractivity contribution in [2.75, 3.05) is 0 Å². The lowest BCUT2D eigenvalue weighted by Gasteiger charge is -2.00. The predicted molar refractivity (Wildman–Crippen MR) is 72.9 cm³/mol. The van der Waals surface area contributed by atoms with Crippen LogP contribution in [0.1, 0.15) is 23.0 Å². The van der Waals surface area contributed by atoms with E-state index in [1.807, 2.05) is 31.2 Å². The Kier molecular flexibility index (Phi) is 2.45. The Balaban J connectivity index is 2.59. The Bertz CT molecular complexity index is 792. The van der Waals surface area contributed by atoms with Crippen LogP contribution in [-0.2, 0) is 0 Å². The van der Waals surface area contributed by atoms with E-state index in [-0.39, 0.29) is 5.78 Å². The number of ketones is 1. The smallest absolute Gasteiger partial charge is 0.162 e. The molecule has 0 N–H and O–H groups in total. The maximum atomic E-state index is 11.7. The van der Waals surface area contributed by atoms with Crippen LogP contribution in [0.4, 0.5) is 0 Å². The zero-order valence-corrected chi connectivity index (χ0v) is 11.5.